The van der Waals surface area contributed by atoms with Crippen LogP contribution >= 0.6 is 0 Å². The number of rotatable bonds is 8. The summed E-state index contributed by atoms with van der Waals surface area (Å²) in [6.45, 7) is 15.6. The van der Waals surface area contributed by atoms with Gasteiger partial charge in [-0.2, -0.15) is 0 Å². The molecule has 0 spiro atoms. The van der Waals surface area contributed by atoms with Crippen LogP contribution in [0.15, 0.2) is 35.9 Å². The average molecular weight is 438 g/mol. The van der Waals surface area contributed by atoms with E-state index in [2.05, 4.69) is 31.2 Å². The molecule has 0 fully saturated rings. The summed E-state index contributed by atoms with van der Waals surface area (Å²) in [7, 11) is 0.459. The fourth-order valence-electron chi connectivity index (χ4n) is 3.51. The third kappa shape index (κ3) is 4.94. The van der Waals surface area contributed by atoms with Gasteiger partial charge in [-0.25, -0.2) is 9.97 Å². The Balaban J connectivity index is 2.11. The molecule has 2 heterocycles. The lowest BCUT2D eigenvalue weighted by molar-refractivity contribution is 0.0844. The van der Waals surface area contributed by atoms with Gasteiger partial charge in [0.05, 0.1) is 23.9 Å². The molecule has 0 aliphatic rings. The molecule has 2 aromatic heterocycles. The molecular weight excluding hydrogens is 406 g/mol. The minimum absolute atomic E-state index is 0.150. The molecule has 6 nitrogen and oxygen atoms in total. The van der Waals surface area contributed by atoms with Crippen molar-refractivity contribution in [3.05, 3.63) is 58.3 Å². The molecule has 0 N–H and O–H groups in total. The Hall–Kier alpha value is -2.77. The zero-order valence-corrected chi connectivity index (χ0v) is 20.3. The number of nitrogens with zero attached hydrogens (tertiary/aromatic N) is 3. The highest BCUT2D eigenvalue weighted by atomic mass is 28.3. The number of methoxy groups -OCH3 is 1. The predicted octanol–water partition coefficient (Wildman–Crippen LogP) is 5.04. The highest BCUT2D eigenvalue weighted by Crippen LogP contribution is 2.35. The smallest absolute Gasteiger partial charge is 0.263 e. The summed E-state index contributed by atoms with van der Waals surface area (Å²) in [6.07, 6.45) is 3.19. The molecule has 7 heteroatoms. The molecule has 0 unspecified atom stereocenters. The Morgan fingerprint density at radius 3 is 2.61 bits per heavy atom. The molecule has 31 heavy (non-hydrogen) atoms. The highest BCUT2D eigenvalue weighted by Gasteiger charge is 2.18. The summed E-state index contributed by atoms with van der Waals surface area (Å²) in [5, 5.41) is 0.498. The van der Waals surface area contributed by atoms with E-state index in [1.807, 2.05) is 26.0 Å². The van der Waals surface area contributed by atoms with Crippen LogP contribution in [0.5, 0.6) is 5.75 Å². The maximum absolute atomic E-state index is 13.2. The van der Waals surface area contributed by atoms with Crippen molar-refractivity contribution in [1.82, 2.24) is 14.5 Å². The van der Waals surface area contributed by atoms with E-state index in [0.29, 0.717) is 28.9 Å². The number of aryl methyl sites for hydroxylation is 1. The first-order chi connectivity index (χ1) is 14.7. The summed E-state index contributed by atoms with van der Waals surface area (Å²) in [6, 6.07) is 6.71. The van der Waals surface area contributed by atoms with Crippen molar-refractivity contribution >= 4 is 25.1 Å². The predicted molar refractivity (Wildman–Crippen MR) is 129 cm³/mol. The van der Waals surface area contributed by atoms with Crippen molar-refractivity contribution in [1.29, 1.82) is 0 Å². The quantitative estimate of drug-likeness (QED) is 0.365. The van der Waals surface area contributed by atoms with Gasteiger partial charge in [0.25, 0.3) is 5.56 Å². The average Bonchev–Trinajstić information content (AvgIpc) is 2.72. The summed E-state index contributed by atoms with van der Waals surface area (Å²) < 4.78 is 12.8. The van der Waals surface area contributed by atoms with Gasteiger partial charge in [-0.05, 0) is 43.7 Å². The lowest BCUT2D eigenvalue weighted by atomic mass is 9.97. The van der Waals surface area contributed by atoms with E-state index in [9.17, 15) is 4.79 Å². The van der Waals surface area contributed by atoms with E-state index in [4.69, 9.17) is 14.5 Å². The molecule has 0 radical (unpaired) electrons. The summed E-state index contributed by atoms with van der Waals surface area (Å²) in [5.74, 6) is 0.767. The number of pyridine rings is 1. The van der Waals surface area contributed by atoms with Crippen molar-refractivity contribution in [2.75, 3.05) is 13.7 Å². The first kappa shape index (κ1) is 22.9. The second-order valence-corrected chi connectivity index (χ2v) is 14.6. The fraction of sp³-hybridized carbons (Fsp3) is 0.375. The Kier molecular flexibility index (Phi) is 6.76. The maximum Gasteiger partial charge on any atom is 0.263 e. The van der Waals surface area contributed by atoms with E-state index in [1.54, 1.807) is 25.6 Å². The van der Waals surface area contributed by atoms with Gasteiger partial charge in [-0.3, -0.25) is 9.36 Å². The molecular formula is C24H31N3O3Si. The summed E-state index contributed by atoms with van der Waals surface area (Å²) >= 11 is 0. The van der Waals surface area contributed by atoms with Gasteiger partial charge in [0.1, 0.15) is 24.3 Å². The second kappa shape index (κ2) is 9.16. The van der Waals surface area contributed by atoms with Gasteiger partial charge in [0.15, 0.2) is 0 Å². The van der Waals surface area contributed by atoms with Crippen LogP contribution in [-0.2, 0) is 11.5 Å². The van der Waals surface area contributed by atoms with E-state index in [-0.39, 0.29) is 12.3 Å². The van der Waals surface area contributed by atoms with Crippen LogP contribution in [0, 0.1) is 13.8 Å². The van der Waals surface area contributed by atoms with E-state index >= 15 is 0 Å². The van der Waals surface area contributed by atoms with Crippen molar-refractivity contribution in [2.24, 2.45) is 0 Å². The first-order valence-corrected chi connectivity index (χ1v) is 14.1. The second-order valence-electron chi connectivity index (χ2n) is 8.95. The van der Waals surface area contributed by atoms with Crippen LogP contribution in [0.1, 0.15) is 16.8 Å². The van der Waals surface area contributed by atoms with Gasteiger partial charge >= 0.3 is 0 Å². The van der Waals surface area contributed by atoms with Crippen LogP contribution in [0.25, 0.3) is 28.2 Å². The number of hydrogen-bond acceptors (Lipinski definition) is 5. The molecule has 3 rings (SSSR count). The van der Waals surface area contributed by atoms with Crippen molar-refractivity contribution in [3.8, 4) is 17.0 Å². The van der Waals surface area contributed by atoms with Crippen LogP contribution in [0.2, 0.25) is 25.7 Å². The number of benzene rings is 1. The highest BCUT2D eigenvalue weighted by molar-refractivity contribution is 6.76. The first-order valence-electron chi connectivity index (χ1n) is 10.4. The minimum Gasteiger partial charge on any atom is -0.496 e. The van der Waals surface area contributed by atoms with Crippen molar-refractivity contribution in [2.45, 2.75) is 46.3 Å². The molecule has 0 aliphatic carbocycles. The maximum atomic E-state index is 13.2. The monoisotopic (exact) mass is 437 g/mol. The molecule has 0 bridgehead atoms. The molecule has 0 atom stereocenters. The topological polar surface area (TPSA) is 66.2 Å². The fourth-order valence-corrected chi connectivity index (χ4v) is 4.27. The van der Waals surface area contributed by atoms with E-state index in [1.165, 1.54) is 4.57 Å². The summed E-state index contributed by atoms with van der Waals surface area (Å²) in [4.78, 5) is 22.6. The number of ether oxygens (including phenoxy) is 2. The van der Waals surface area contributed by atoms with E-state index < -0.39 is 8.07 Å². The lowest BCUT2D eigenvalue weighted by Gasteiger charge is -2.17. The van der Waals surface area contributed by atoms with Crippen molar-refractivity contribution < 1.29 is 9.47 Å². The van der Waals surface area contributed by atoms with Crippen LogP contribution < -0.4 is 10.3 Å². The van der Waals surface area contributed by atoms with Crippen molar-refractivity contribution in [3.63, 3.8) is 0 Å². The van der Waals surface area contributed by atoms with Gasteiger partial charge < -0.3 is 9.47 Å². The molecule has 1 aromatic carbocycles. The third-order valence-corrected chi connectivity index (χ3v) is 7.05. The molecule has 0 aliphatic heterocycles. The number of aromatic nitrogens is 3. The minimum atomic E-state index is -1.19. The summed E-state index contributed by atoms with van der Waals surface area (Å²) in [5.41, 5.74) is 4.61. The third-order valence-electron chi connectivity index (χ3n) is 5.35. The Labute approximate surface area is 184 Å². The zero-order chi connectivity index (χ0) is 22.8. The Morgan fingerprint density at radius 2 is 1.97 bits per heavy atom. The van der Waals surface area contributed by atoms with Gasteiger partial charge in [0, 0.05) is 25.8 Å². The normalized spacial score (nSPS) is 11.7. The van der Waals surface area contributed by atoms with Gasteiger partial charge in [-0.1, -0.05) is 32.3 Å². The number of hydrogen-bond donors (Lipinski definition) is 0. The molecule has 3 aromatic rings. The number of fused-ring (bicyclic) bond motifs is 1. The largest absolute Gasteiger partial charge is 0.496 e. The van der Waals surface area contributed by atoms with E-state index in [0.717, 1.165) is 28.5 Å². The zero-order valence-electron chi connectivity index (χ0n) is 19.3. The molecule has 0 saturated carbocycles. The Morgan fingerprint density at radius 1 is 1.23 bits per heavy atom. The molecule has 0 amide bonds. The molecule has 0 saturated heterocycles. The van der Waals surface area contributed by atoms with Crippen LogP contribution in [0.3, 0.4) is 0 Å². The van der Waals surface area contributed by atoms with Crippen LogP contribution in [-0.4, -0.2) is 36.3 Å². The van der Waals surface area contributed by atoms with Gasteiger partial charge in [0.2, 0.25) is 0 Å². The SMILES string of the molecule is C=Cc1cc2c(=O)n(COCC[Si](C)(C)C)cnc2c(-c2c(C)ccc(OC)c2C)n1. The Bertz CT molecular complexity index is 1180. The van der Waals surface area contributed by atoms with Crippen LogP contribution in [0.4, 0.5) is 0 Å². The lowest BCUT2D eigenvalue weighted by Crippen LogP contribution is -2.25. The molecule has 164 valence electrons. The van der Waals surface area contributed by atoms with Gasteiger partial charge in [-0.15, -0.1) is 0 Å². The standard InChI is InChI=1S/C24H31N3O3Si/c1-8-18-13-19-22(23(26-18)21-16(2)9-10-20(29-4)17(21)3)25-14-27(24(19)28)15-30-11-12-31(5,6)7/h8-10,13-14H,1,11-12,15H2,2-7H3.